The Morgan fingerprint density at radius 3 is 2.62 bits per heavy atom. The van der Waals surface area contributed by atoms with Gasteiger partial charge in [-0.1, -0.05) is 24.2 Å². The van der Waals surface area contributed by atoms with Gasteiger partial charge >= 0.3 is 0 Å². The molecule has 3 aromatic heterocycles. The highest BCUT2D eigenvalue weighted by Crippen LogP contribution is 2.34. The van der Waals surface area contributed by atoms with Gasteiger partial charge in [0.25, 0.3) is 0 Å². The number of rotatable bonds is 6. The van der Waals surface area contributed by atoms with Crippen LogP contribution in [0.4, 0.5) is 15.3 Å². The van der Waals surface area contributed by atoms with E-state index in [1.54, 1.807) is 23.7 Å². The molecule has 0 bridgehead atoms. The molecule has 9 heteroatoms. The Bertz CT molecular complexity index is 1370. The van der Waals surface area contributed by atoms with Crippen molar-refractivity contribution in [3.8, 4) is 22.8 Å². The van der Waals surface area contributed by atoms with Crippen LogP contribution in [0.25, 0.3) is 21.5 Å². The van der Waals surface area contributed by atoms with Gasteiger partial charge in [0.2, 0.25) is 0 Å². The summed E-state index contributed by atoms with van der Waals surface area (Å²) in [5, 5.41) is 14.5. The zero-order chi connectivity index (χ0) is 25.2. The Hall–Kier alpha value is -3.30. The average Bonchev–Trinajstić information content (AvgIpc) is 3.32. The van der Waals surface area contributed by atoms with E-state index in [0.717, 1.165) is 63.9 Å². The molecule has 1 aromatic carbocycles. The van der Waals surface area contributed by atoms with Crippen molar-refractivity contribution in [2.24, 2.45) is 0 Å². The molecule has 1 aliphatic heterocycles. The lowest BCUT2D eigenvalue weighted by Crippen LogP contribution is -2.36. The number of aliphatic hydroxyl groups is 1. The summed E-state index contributed by atoms with van der Waals surface area (Å²) in [6.07, 6.45) is 7.57. The van der Waals surface area contributed by atoms with Gasteiger partial charge in [-0.2, -0.15) is 0 Å². The molecule has 192 valence electrons. The third-order valence-corrected chi connectivity index (χ3v) is 8.10. The highest BCUT2D eigenvalue weighted by atomic mass is 32.1. The minimum atomic E-state index is -0.716. The second-order valence-corrected chi connectivity index (χ2v) is 10.8. The summed E-state index contributed by atoms with van der Waals surface area (Å²) < 4.78 is 20.8. The van der Waals surface area contributed by atoms with E-state index in [1.807, 2.05) is 42.5 Å². The minimum Gasteiger partial charge on any atom is -0.457 e. The molecule has 0 spiro atoms. The number of nitrogens with zero attached hydrogens (tertiary/aromatic N) is 4. The molecule has 4 heterocycles. The third kappa shape index (κ3) is 5.52. The predicted molar refractivity (Wildman–Crippen MR) is 145 cm³/mol. The number of anilines is 2. The summed E-state index contributed by atoms with van der Waals surface area (Å²) in [5.41, 5.74) is 2.64. The number of nitrogens with one attached hydrogen (secondary N) is 1. The van der Waals surface area contributed by atoms with Gasteiger partial charge in [0, 0.05) is 43.2 Å². The van der Waals surface area contributed by atoms with Crippen molar-refractivity contribution in [1.29, 1.82) is 0 Å². The van der Waals surface area contributed by atoms with E-state index >= 15 is 0 Å². The number of piperidine rings is 1. The topological polar surface area (TPSA) is 83.4 Å². The summed E-state index contributed by atoms with van der Waals surface area (Å²) in [5.74, 6) is 2.26. The van der Waals surface area contributed by atoms with Crippen LogP contribution < -0.4 is 15.0 Å². The van der Waals surface area contributed by atoms with Crippen molar-refractivity contribution in [3.05, 3.63) is 54.9 Å². The molecule has 1 aliphatic carbocycles. The Balaban J connectivity index is 1.17. The zero-order valence-electron chi connectivity index (χ0n) is 20.5. The molecule has 4 aromatic rings. The number of aromatic nitrogens is 3. The van der Waals surface area contributed by atoms with Crippen LogP contribution in [-0.4, -0.2) is 51.5 Å². The number of hydrogen-bond donors (Lipinski definition) is 2. The highest BCUT2D eigenvalue weighted by molar-refractivity contribution is 7.22. The van der Waals surface area contributed by atoms with Crippen molar-refractivity contribution < 1.29 is 14.2 Å². The monoisotopic (exact) mass is 519 g/mol. The van der Waals surface area contributed by atoms with Crippen LogP contribution in [0.15, 0.2) is 54.9 Å². The lowest BCUT2D eigenvalue weighted by molar-refractivity contribution is 0.116. The molecule has 6 rings (SSSR count). The van der Waals surface area contributed by atoms with Crippen LogP contribution in [0.3, 0.4) is 0 Å². The fourth-order valence-electron chi connectivity index (χ4n) is 5.06. The number of thiazole rings is 1. The zero-order valence-corrected chi connectivity index (χ0v) is 21.3. The van der Waals surface area contributed by atoms with Crippen LogP contribution in [0.2, 0.25) is 0 Å². The maximum atomic E-state index is 13.6. The van der Waals surface area contributed by atoms with Crippen molar-refractivity contribution in [1.82, 2.24) is 15.0 Å². The standard InChI is InChI=1S/C28H30FN5O2S/c29-19-9-13-34(14-10-19)27-15-18(7-11-31-27)24-16-21(8-12-30-24)36-20-5-6-23-26(17-20)37-28(33-23)32-22-3-1-2-4-25(22)35/h5-8,11-12,15-17,19,22,25,35H,1-4,9-10,13-14H2,(H,32,33)/t22-,25-/m1/s1. The van der Waals surface area contributed by atoms with Gasteiger partial charge in [0.15, 0.2) is 5.13 Å². The molecule has 1 saturated heterocycles. The lowest BCUT2D eigenvalue weighted by atomic mass is 9.93. The molecule has 2 aliphatic rings. The molecular weight excluding hydrogens is 489 g/mol. The highest BCUT2D eigenvalue weighted by Gasteiger charge is 2.24. The number of alkyl halides is 1. The van der Waals surface area contributed by atoms with E-state index in [9.17, 15) is 9.50 Å². The van der Waals surface area contributed by atoms with E-state index in [2.05, 4.69) is 20.2 Å². The normalized spacial score (nSPS) is 20.8. The number of fused-ring (bicyclic) bond motifs is 1. The van der Waals surface area contributed by atoms with Gasteiger partial charge in [0.05, 0.1) is 28.1 Å². The number of hydrogen-bond acceptors (Lipinski definition) is 8. The number of benzene rings is 1. The number of ether oxygens (including phenoxy) is 1. The first-order chi connectivity index (χ1) is 18.1. The molecule has 37 heavy (non-hydrogen) atoms. The fourth-order valence-corrected chi connectivity index (χ4v) is 6.02. The minimum absolute atomic E-state index is 0.0597. The lowest BCUT2D eigenvalue weighted by Gasteiger charge is -2.29. The summed E-state index contributed by atoms with van der Waals surface area (Å²) in [6, 6.07) is 13.6. The largest absolute Gasteiger partial charge is 0.457 e. The van der Waals surface area contributed by atoms with E-state index in [1.165, 1.54) is 0 Å². The molecule has 2 fully saturated rings. The number of halogens is 1. The Morgan fingerprint density at radius 1 is 0.946 bits per heavy atom. The molecule has 7 nitrogen and oxygen atoms in total. The van der Waals surface area contributed by atoms with E-state index in [4.69, 9.17) is 9.72 Å². The van der Waals surface area contributed by atoms with Crippen molar-refractivity contribution in [2.75, 3.05) is 23.3 Å². The first kappa shape index (κ1) is 24.1. The maximum absolute atomic E-state index is 13.6. The van der Waals surface area contributed by atoms with Gasteiger partial charge < -0.3 is 20.1 Å². The summed E-state index contributed by atoms with van der Waals surface area (Å²) in [6.45, 7) is 1.35. The summed E-state index contributed by atoms with van der Waals surface area (Å²) >= 11 is 1.57. The third-order valence-electron chi connectivity index (χ3n) is 7.16. The van der Waals surface area contributed by atoms with Gasteiger partial charge in [-0.15, -0.1) is 0 Å². The van der Waals surface area contributed by atoms with Gasteiger partial charge in [-0.05, 0) is 56.0 Å². The average molecular weight is 520 g/mol. The molecule has 0 unspecified atom stereocenters. The van der Waals surface area contributed by atoms with E-state index in [-0.39, 0.29) is 12.1 Å². The quantitative estimate of drug-likeness (QED) is 0.314. The second kappa shape index (κ2) is 10.6. The van der Waals surface area contributed by atoms with Crippen LogP contribution >= 0.6 is 11.3 Å². The van der Waals surface area contributed by atoms with Crippen molar-refractivity contribution in [3.63, 3.8) is 0 Å². The van der Waals surface area contributed by atoms with Crippen molar-refractivity contribution >= 4 is 32.5 Å². The van der Waals surface area contributed by atoms with E-state index < -0.39 is 6.17 Å². The fraction of sp³-hybridized carbons (Fsp3) is 0.393. The summed E-state index contributed by atoms with van der Waals surface area (Å²) in [7, 11) is 0. The Kier molecular flexibility index (Phi) is 6.89. The number of aliphatic hydroxyl groups excluding tert-OH is 1. The van der Waals surface area contributed by atoms with E-state index in [0.29, 0.717) is 31.7 Å². The van der Waals surface area contributed by atoms with Gasteiger partial charge in [-0.3, -0.25) is 4.98 Å². The maximum Gasteiger partial charge on any atom is 0.184 e. The van der Waals surface area contributed by atoms with Gasteiger partial charge in [-0.25, -0.2) is 14.4 Å². The van der Waals surface area contributed by atoms with Crippen LogP contribution in [0, 0.1) is 0 Å². The first-order valence-electron chi connectivity index (χ1n) is 13.0. The van der Waals surface area contributed by atoms with Crippen LogP contribution in [0.1, 0.15) is 38.5 Å². The summed E-state index contributed by atoms with van der Waals surface area (Å²) in [4.78, 5) is 15.9. The Morgan fingerprint density at radius 2 is 1.76 bits per heavy atom. The van der Waals surface area contributed by atoms with Gasteiger partial charge in [0.1, 0.15) is 23.5 Å². The predicted octanol–water partition coefficient (Wildman–Crippen LogP) is 6.20. The molecule has 2 N–H and O–H groups in total. The van der Waals surface area contributed by atoms with Crippen LogP contribution in [0.5, 0.6) is 11.5 Å². The van der Waals surface area contributed by atoms with Crippen molar-refractivity contribution in [2.45, 2.75) is 56.8 Å². The Labute approximate surface area is 219 Å². The SMILES string of the molecule is O[C@@H]1CCCC[C@H]1Nc1nc2ccc(Oc3ccnc(-c4ccnc(N5CCC(F)CC5)c4)c3)cc2s1. The molecule has 0 amide bonds. The second-order valence-electron chi connectivity index (χ2n) is 9.79. The molecular formula is C28H30FN5O2S. The number of pyridine rings is 2. The first-order valence-corrected chi connectivity index (χ1v) is 13.8. The molecule has 2 atom stereocenters. The smallest absolute Gasteiger partial charge is 0.184 e. The molecule has 1 saturated carbocycles. The van der Waals surface area contributed by atoms with Crippen LogP contribution in [-0.2, 0) is 0 Å². The molecule has 0 radical (unpaired) electrons.